The van der Waals surface area contributed by atoms with Gasteiger partial charge in [0.2, 0.25) is 0 Å². The molecule has 0 aliphatic heterocycles. The lowest BCUT2D eigenvalue weighted by Gasteiger charge is -2.10. The molecule has 0 spiro atoms. The summed E-state index contributed by atoms with van der Waals surface area (Å²) in [5.41, 5.74) is 1.70. The molecule has 7 nitrogen and oxygen atoms in total. The largest absolute Gasteiger partial charge is 0.349 e. The summed E-state index contributed by atoms with van der Waals surface area (Å²) in [7, 11) is -3.76. The third-order valence-electron chi connectivity index (χ3n) is 4.75. The van der Waals surface area contributed by atoms with E-state index in [9.17, 15) is 18.0 Å². The topological polar surface area (TPSA) is 104 Å². The molecule has 158 valence electrons. The molecule has 3 aromatic carbocycles. The minimum atomic E-state index is -3.76. The van der Waals surface area contributed by atoms with Gasteiger partial charge in [-0.2, -0.15) is 0 Å². The average Bonchev–Trinajstić information content (AvgIpc) is 3.58. The SMILES string of the molecule is O=C(Nc1cccc(C(=O)NC2CC2)c1)c1ccc(S(=O)(=O)Nc2ccccc2)cc1. The Morgan fingerprint density at radius 3 is 2.10 bits per heavy atom. The maximum atomic E-state index is 12.6. The Hall–Kier alpha value is -3.65. The van der Waals surface area contributed by atoms with Crippen LogP contribution in [0, 0.1) is 0 Å². The lowest BCUT2D eigenvalue weighted by atomic mass is 10.1. The predicted octanol–water partition coefficient (Wildman–Crippen LogP) is 3.63. The highest BCUT2D eigenvalue weighted by Crippen LogP contribution is 2.20. The number of hydrogen-bond donors (Lipinski definition) is 3. The lowest BCUT2D eigenvalue weighted by molar-refractivity contribution is 0.0949. The molecular weight excluding hydrogens is 414 g/mol. The van der Waals surface area contributed by atoms with Crippen molar-refractivity contribution in [1.82, 2.24) is 5.32 Å². The van der Waals surface area contributed by atoms with Crippen LogP contribution in [0.4, 0.5) is 11.4 Å². The standard InChI is InChI=1S/C23H21N3O4S/c27-22(25-20-8-4-5-17(15-20)23(28)24-18-11-12-18)16-9-13-21(14-10-16)31(29,30)26-19-6-2-1-3-7-19/h1-10,13-15,18,26H,11-12H2,(H,24,28)(H,25,27). The first-order valence-electron chi connectivity index (χ1n) is 9.81. The molecule has 0 radical (unpaired) electrons. The molecule has 3 N–H and O–H groups in total. The second kappa shape index (κ2) is 8.61. The Balaban J connectivity index is 1.43. The van der Waals surface area contributed by atoms with Gasteiger partial charge in [0.15, 0.2) is 0 Å². The minimum absolute atomic E-state index is 0.0478. The fraction of sp³-hybridized carbons (Fsp3) is 0.130. The molecule has 0 bridgehead atoms. The lowest BCUT2D eigenvalue weighted by Crippen LogP contribution is -2.25. The van der Waals surface area contributed by atoms with Gasteiger partial charge in [-0.3, -0.25) is 14.3 Å². The number of amides is 2. The van der Waals surface area contributed by atoms with Crippen LogP contribution in [0.1, 0.15) is 33.6 Å². The molecule has 4 rings (SSSR count). The highest BCUT2D eigenvalue weighted by molar-refractivity contribution is 7.92. The van der Waals surface area contributed by atoms with Crippen molar-refractivity contribution in [2.24, 2.45) is 0 Å². The fourth-order valence-corrected chi connectivity index (χ4v) is 4.00. The maximum absolute atomic E-state index is 12.6. The van der Waals surface area contributed by atoms with Crippen LogP contribution in [-0.4, -0.2) is 26.3 Å². The Kier molecular flexibility index (Phi) is 5.73. The number of sulfonamides is 1. The number of benzene rings is 3. The quantitative estimate of drug-likeness (QED) is 0.527. The molecule has 8 heteroatoms. The molecule has 3 aromatic rings. The van der Waals surface area contributed by atoms with E-state index in [0.717, 1.165) is 12.8 Å². The summed E-state index contributed by atoms with van der Waals surface area (Å²) < 4.78 is 27.5. The summed E-state index contributed by atoms with van der Waals surface area (Å²) in [5.74, 6) is -0.571. The van der Waals surface area contributed by atoms with Gasteiger partial charge in [-0.25, -0.2) is 8.42 Å². The van der Waals surface area contributed by atoms with Gasteiger partial charge in [-0.05, 0) is 67.4 Å². The van der Waals surface area contributed by atoms with Crippen LogP contribution in [0.25, 0.3) is 0 Å². The summed E-state index contributed by atoms with van der Waals surface area (Å²) in [6, 6.07) is 21.1. The molecule has 0 aromatic heterocycles. The second-order valence-electron chi connectivity index (χ2n) is 7.28. The number of rotatable bonds is 7. The summed E-state index contributed by atoms with van der Waals surface area (Å²) in [4.78, 5) is 24.8. The predicted molar refractivity (Wildman–Crippen MR) is 119 cm³/mol. The van der Waals surface area contributed by atoms with Gasteiger partial charge in [-0.15, -0.1) is 0 Å². The molecular formula is C23H21N3O4S. The van der Waals surface area contributed by atoms with Gasteiger partial charge in [0.25, 0.3) is 21.8 Å². The molecule has 0 atom stereocenters. The first-order valence-corrected chi connectivity index (χ1v) is 11.3. The first-order chi connectivity index (χ1) is 14.9. The summed E-state index contributed by atoms with van der Waals surface area (Å²) in [6.07, 6.45) is 1.99. The van der Waals surface area contributed by atoms with Crippen LogP contribution in [0.3, 0.4) is 0 Å². The molecule has 1 saturated carbocycles. The molecule has 1 aliphatic carbocycles. The van der Waals surface area contributed by atoms with Gasteiger partial charge < -0.3 is 10.6 Å². The molecule has 1 aliphatic rings. The van der Waals surface area contributed by atoms with Crippen LogP contribution in [0.5, 0.6) is 0 Å². The van der Waals surface area contributed by atoms with E-state index in [1.54, 1.807) is 54.6 Å². The summed E-state index contributed by atoms with van der Waals surface area (Å²) >= 11 is 0. The van der Waals surface area contributed by atoms with Crippen molar-refractivity contribution in [3.05, 3.63) is 90.0 Å². The van der Waals surface area contributed by atoms with E-state index in [4.69, 9.17) is 0 Å². The average molecular weight is 436 g/mol. The minimum Gasteiger partial charge on any atom is -0.349 e. The van der Waals surface area contributed by atoms with Crippen LogP contribution in [0.2, 0.25) is 0 Å². The van der Waals surface area contributed by atoms with Crippen LogP contribution in [0.15, 0.2) is 83.8 Å². The van der Waals surface area contributed by atoms with Crippen LogP contribution < -0.4 is 15.4 Å². The number of carbonyl (C=O) groups is 2. The summed E-state index contributed by atoms with van der Waals surface area (Å²) in [5, 5.41) is 5.64. The van der Waals surface area contributed by atoms with Gasteiger partial charge in [0, 0.05) is 28.5 Å². The van der Waals surface area contributed by atoms with Gasteiger partial charge in [0.05, 0.1) is 4.90 Å². The van der Waals surface area contributed by atoms with E-state index < -0.39 is 15.9 Å². The van der Waals surface area contributed by atoms with Gasteiger partial charge in [0.1, 0.15) is 0 Å². The molecule has 0 unspecified atom stereocenters. The molecule has 0 saturated heterocycles. The Morgan fingerprint density at radius 2 is 1.42 bits per heavy atom. The number of para-hydroxylation sites is 1. The van der Waals surface area contributed by atoms with Crippen LogP contribution in [-0.2, 0) is 10.0 Å². The van der Waals surface area contributed by atoms with E-state index >= 15 is 0 Å². The summed E-state index contributed by atoms with van der Waals surface area (Å²) in [6.45, 7) is 0. The fourth-order valence-electron chi connectivity index (χ4n) is 2.94. The molecule has 2 amide bonds. The van der Waals surface area contributed by atoms with Crippen molar-refractivity contribution in [1.29, 1.82) is 0 Å². The number of carbonyl (C=O) groups excluding carboxylic acids is 2. The molecule has 0 heterocycles. The van der Waals surface area contributed by atoms with Crippen molar-refractivity contribution < 1.29 is 18.0 Å². The van der Waals surface area contributed by atoms with Crippen LogP contribution >= 0.6 is 0 Å². The van der Waals surface area contributed by atoms with Crippen molar-refractivity contribution in [2.45, 2.75) is 23.8 Å². The third kappa shape index (κ3) is 5.29. The van der Waals surface area contributed by atoms with Gasteiger partial charge in [-0.1, -0.05) is 24.3 Å². The van der Waals surface area contributed by atoms with Gasteiger partial charge >= 0.3 is 0 Å². The number of anilines is 2. The van der Waals surface area contributed by atoms with Crippen molar-refractivity contribution in [3.8, 4) is 0 Å². The Morgan fingerprint density at radius 1 is 0.742 bits per heavy atom. The highest BCUT2D eigenvalue weighted by Gasteiger charge is 2.24. The molecule has 1 fully saturated rings. The maximum Gasteiger partial charge on any atom is 0.261 e. The third-order valence-corrected chi connectivity index (χ3v) is 6.15. The van der Waals surface area contributed by atoms with E-state index in [1.165, 1.54) is 24.3 Å². The molecule has 31 heavy (non-hydrogen) atoms. The van der Waals surface area contributed by atoms with Crippen molar-refractivity contribution in [3.63, 3.8) is 0 Å². The normalized spacial score (nSPS) is 13.3. The Labute approximate surface area is 180 Å². The highest BCUT2D eigenvalue weighted by atomic mass is 32.2. The number of hydrogen-bond acceptors (Lipinski definition) is 4. The zero-order chi connectivity index (χ0) is 21.8. The second-order valence-corrected chi connectivity index (χ2v) is 8.96. The van der Waals surface area contributed by atoms with E-state index in [2.05, 4.69) is 15.4 Å². The first kappa shape index (κ1) is 20.6. The zero-order valence-electron chi connectivity index (χ0n) is 16.5. The zero-order valence-corrected chi connectivity index (χ0v) is 17.4. The van der Waals surface area contributed by atoms with Crippen molar-refractivity contribution >= 4 is 33.2 Å². The van der Waals surface area contributed by atoms with E-state index in [0.29, 0.717) is 22.5 Å². The van der Waals surface area contributed by atoms with Crippen molar-refractivity contribution in [2.75, 3.05) is 10.0 Å². The Bertz CT molecular complexity index is 1210. The van der Waals surface area contributed by atoms with E-state index in [1.807, 2.05) is 0 Å². The van der Waals surface area contributed by atoms with E-state index in [-0.39, 0.29) is 16.8 Å². The smallest absolute Gasteiger partial charge is 0.261 e. The number of nitrogens with one attached hydrogen (secondary N) is 3. The monoisotopic (exact) mass is 435 g/mol.